The highest BCUT2D eigenvalue weighted by molar-refractivity contribution is 5.92. The van der Waals surface area contributed by atoms with E-state index in [1.54, 1.807) is 0 Å². The van der Waals surface area contributed by atoms with Gasteiger partial charge < -0.3 is 18.9 Å². The first-order valence-electron chi connectivity index (χ1n) is 17.5. The van der Waals surface area contributed by atoms with Crippen LogP contribution in [0.25, 0.3) is 0 Å². The highest BCUT2D eigenvalue weighted by Crippen LogP contribution is 2.26. The molecule has 0 atom stereocenters. The molecule has 0 aromatic rings. The maximum Gasteiger partial charge on any atom is 0.351 e. The average molecular weight is 613 g/mol. The van der Waals surface area contributed by atoms with E-state index in [4.69, 9.17) is 18.9 Å². The van der Waals surface area contributed by atoms with Crippen molar-refractivity contribution in [3.63, 3.8) is 0 Å². The summed E-state index contributed by atoms with van der Waals surface area (Å²) in [6.45, 7) is 8.21. The van der Waals surface area contributed by atoms with Gasteiger partial charge in [-0.05, 0) is 19.3 Å². The molecule has 0 unspecified atom stereocenters. The summed E-state index contributed by atoms with van der Waals surface area (Å²) < 4.78 is 21.7. The normalized spacial score (nSPS) is 11.3. The molecule has 0 rings (SSSR count). The molecular weight excluding hydrogens is 548 g/mol. The molecule has 0 aromatic carbocycles. The van der Waals surface area contributed by atoms with Gasteiger partial charge >= 0.3 is 23.9 Å². The van der Waals surface area contributed by atoms with Gasteiger partial charge in [0.25, 0.3) is 0 Å². The van der Waals surface area contributed by atoms with E-state index in [-0.39, 0.29) is 19.8 Å². The third-order valence-electron chi connectivity index (χ3n) is 7.57. The lowest BCUT2D eigenvalue weighted by atomic mass is 9.95. The third kappa shape index (κ3) is 24.0. The highest BCUT2D eigenvalue weighted by Gasteiger charge is 2.48. The quantitative estimate of drug-likeness (QED) is 0.0450. The summed E-state index contributed by atoms with van der Waals surface area (Å²) in [5.41, 5.74) is -2.11. The van der Waals surface area contributed by atoms with Gasteiger partial charge in [-0.25, -0.2) is 4.79 Å². The maximum absolute atomic E-state index is 13.3. The monoisotopic (exact) mass is 612 g/mol. The lowest BCUT2D eigenvalue weighted by Gasteiger charge is -2.29. The second-order valence-corrected chi connectivity index (χ2v) is 11.9. The van der Waals surface area contributed by atoms with Gasteiger partial charge in [0, 0.05) is 6.92 Å². The van der Waals surface area contributed by atoms with Crippen LogP contribution in [0.2, 0.25) is 0 Å². The van der Waals surface area contributed by atoms with Crippen molar-refractivity contribution in [1.29, 1.82) is 0 Å². The van der Waals surface area contributed by atoms with Crippen molar-refractivity contribution in [3.05, 3.63) is 0 Å². The number of ether oxygens (including phenoxy) is 4. The maximum atomic E-state index is 13.3. The van der Waals surface area contributed by atoms with Crippen molar-refractivity contribution in [1.82, 2.24) is 0 Å². The number of rotatable bonds is 30. The van der Waals surface area contributed by atoms with Crippen molar-refractivity contribution in [2.24, 2.45) is 0 Å². The number of carbonyl (C=O) groups excluding carboxylic acids is 4. The minimum absolute atomic E-state index is 0.121. The fraction of sp³-hybridized carbons (Fsp3) is 0.886. The smallest absolute Gasteiger partial charge is 0.351 e. The fourth-order valence-corrected chi connectivity index (χ4v) is 5.01. The molecular formula is C35H64O8. The lowest BCUT2D eigenvalue weighted by Crippen LogP contribution is -2.48. The molecule has 252 valence electrons. The number of hydrogen-bond donors (Lipinski definition) is 0. The van der Waals surface area contributed by atoms with Crippen LogP contribution in [0.5, 0.6) is 0 Å². The van der Waals surface area contributed by atoms with Crippen molar-refractivity contribution in [2.75, 3.05) is 19.8 Å². The molecule has 0 saturated heterocycles. The van der Waals surface area contributed by atoms with Gasteiger partial charge in [-0.15, -0.1) is 0 Å². The zero-order chi connectivity index (χ0) is 32.0. The largest absolute Gasteiger partial charge is 0.466 e. The van der Waals surface area contributed by atoms with E-state index >= 15 is 0 Å². The van der Waals surface area contributed by atoms with Crippen molar-refractivity contribution >= 4 is 23.9 Å². The molecule has 0 N–H and O–H groups in total. The summed E-state index contributed by atoms with van der Waals surface area (Å²) in [5.74, 6) is -3.11. The van der Waals surface area contributed by atoms with Crippen LogP contribution in [0.1, 0.15) is 175 Å². The first-order chi connectivity index (χ1) is 20.8. The number of esters is 4. The average Bonchev–Trinajstić information content (AvgIpc) is 2.96. The van der Waals surface area contributed by atoms with Crippen LogP contribution in [0.15, 0.2) is 0 Å². The lowest BCUT2D eigenvalue weighted by molar-refractivity contribution is -0.190. The molecule has 0 bridgehead atoms. The van der Waals surface area contributed by atoms with Gasteiger partial charge in [-0.2, -0.15) is 0 Å². The Kier molecular flexibility index (Phi) is 27.2. The number of hydrogen-bond acceptors (Lipinski definition) is 8. The zero-order valence-electron chi connectivity index (χ0n) is 28.2. The fourth-order valence-electron chi connectivity index (χ4n) is 5.01. The summed E-state index contributed by atoms with van der Waals surface area (Å²) >= 11 is 0. The van der Waals surface area contributed by atoms with Gasteiger partial charge in [0.2, 0.25) is 5.60 Å². The summed E-state index contributed by atoms with van der Waals surface area (Å²) in [7, 11) is 0. The van der Waals surface area contributed by atoms with Crippen LogP contribution < -0.4 is 0 Å². The summed E-state index contributed by atoms with van der Waals surface area (Å²) in [6.07, 6.45) is 21.1. The Morgan fingerprint density at radius 1 is 0.442 bits per heavy atom. The topological polar surface area (TPSA) is 105 Å². The second kappa shape index (κ2) is 28.6. The van der Waals surface area contributed by atoms with Crippen LogP contribution in [-0.4, -0.2) is 49.3 Å². The Bertz CT molecular complexity index is 687. The standard InChI is InChI=1S/C35H64O8/c1-5-8-11-14-17-20-23-26-40-32(37)29-35(43-31(4)36,34(39)42-28-25-22-19-16-13-10-7-3)30-33(38)41-27-24-21-18-15-12-9-6-2/h5-30H2,1-4H3. The Labute approximate surface area is 262 Å². The first-order valence-corrected chi connectivity index (χ1v) is 17.5. The van der Waals surface area contributed by atoms with Crippen LogP contribution in [0, 0.1) is 0 Å². The van der Waals surface area contributed by atoms with Crippen molar-refractivity contribution < 1.29 is 38.1 Å². The molecule has 8 heteroatoms. The SMILES string of the molecule is CCCCCCCCCOC(=O)CC(CC(=O)OCCCCCCCCC)(OC(C)=O)C(=O)OCCCCCCCCC. The Hall–Kier alpha value is -2.12. The van der Waals surface area contributed by atoms with Crippen LogP contribution in [-0.2, 0) is 38.1 Å². The summed E-state index contributed by atoms with van der Waals surface area (Å²) in [6, 6.07) is 0. The van der Waals surface area contributed by atoms with E-state index in [1.165, 1.54) is 57.8 Å². The first kappa shape index (κ1) is 40.9. The molecule has 0 radical (unpaired) electrons. The van der Waals surface area contributed by atoms with E-state index < -0.39 is 42.3 Å². The van der Waals surface area contributed by atoms with Gasteiger partial charge in [0.15, 0.2) is 0 Å². The Morgan fingerprint density at radius 2 is 0.744 bits per heavy atom. The minimum atomic E-state index is -2.11. The third-order valence-corrected chi connectivity index (χ3v) is 7.57. The zero-order valence-corrected chi connectivity index (χ0v) is 28.2. The van der Waals surface area contributed by atoms with Crippen LogP contribution in [0.3, 0.4) is 0 Å². The molecule has 0 saturated carbocycles. The minimum Gasteiger partial charge on any atom is -0.466 e. The molecule has 0 aliphatic heterocycles. The van der Waals surface area contributed by atoms with Gasteiger partial charge in [-0.1, -0.05) is 136 Å². The van der Waals surface area contributed by atoms with E-state index in [0.29, 0.717) is 19.3 Å². The molecule has 0 amide bonds. The van der Waals surface area contributed by atoms with Gasteiger partial charge in [-0.3, -0.25) is 14.4 Å². The van der Waals surface area contributed by atoms with E-state index in [9.17, 15) is 19.2 Å². The number of unbranched alkanes of at least 4 members (excludes halogenated alkanes) is 18. The van der Waals surface area contributed by atoms with Crippen LogP contribution in [0.4, 0.5) is 0 Å². The van der Waals surface area contributed by atoms with Crippen molar-refractivity contribution in [2.45, 2.75) is 181 Å². The Balaban J connectivity index is 5.09. The van der Waals surface area contributed by atoms with E-state index in [0.717, 1.165) is 64.7 Å². The predicted molar refractivity (Wildman–Crippen MR) is 171 cm³/mol. The molecule has 43 heavy (non-hydrogen) atoms. The molecule has 0 fully saturated rings. The molecule has 8 nitrogen and oxygen atoms in total. The second-order valence-electron chi connectivity index (χ2n) is 11.9. The summed E-state index contributed by atoms with van der Waals surface area (Å²) in [4.78, 5) is 51.1. The molecule has 0 heterocycles. The highest BCUT2D eigenvalue weighted by atomic mass is 16.6. The predicted octanol–water partition coefficient (Wildman–Crippen LogP) is 8.95. The molecule has 0 aliphatic carbocycles. The van der Waals surface area contributed by atoms with E-state index in [1.807, 2.05) is 0 Å². The summed E-state index contributed by atoms with van der Waals surface area (Å²) in [5, 5.41) is 0. The van der Waals surface area contributed by atoms with Crippen LogP contribution >= 0.6 is 0 Å². The Morgan fingerprint density at radius 3 is 1.07 bits per heavy atom. The molecule has 0 spiro atoms. The number of carbonyl (C=O) groups is 4. The van der Waals surface area contributed by atoms with Gasteiger partial charge in [0.1, 0.15) is 0 Å². The molecule has 0 aliphatic rings. The molecule has 0 aromatic heterocycles. The van der Waals surface area contributed by atoms with E-state index in [2.05, 4.69) is 20.8 Å². The van der Waals surface area contributed by atoms with Gasteiger partial charge in [0.05, 0.1) is 32.7 Å². The van der Waals surface area contributed by atoms with Crippen molar-refractivity contribution in [3.8, 4) is 0 Å².